The summed E-state index contributed by atoms with van der Waals surface area (Å²) in [6.45, 7) is 4.96. The number of amides is 1. The minimum absolute atomic E-state index is 0.395. The molecule has 0 spiro atoms. The van der Waals surface area contributed by atoms with E-state index in [1.165, 1.54) is 0 Å². The second-order valence-corrected chi connectivity index (χ2v) is 5.60. The fourth-order valence-electron chi connectivity index (χ4n) is 2.65. The zero-order valence-electron chi connectivity index (χ0n) is 13.4. The molecule has 126 valence electrons. The van der Waals surface area contributed by atoms with E-state index < -0.39 is 5.91 Å². The highest BCUT2D eigenvalue weighted by Crippen LogP contribution is 2.22. The van der Waals surface area contributed by atoms with Gasteiger partial charge in [-0.2, -0.15) is 0 Å². The van der Waals surface area contributed by atoms with E-state index in [0.717, 1.165) is 44.0 Å². The van der Waals surface area contributed by atoms with Crippen LogP contribution in [0, 0.1) is 0 Å². The number of nitrogens with one attached hydrogen (secondary N) is 1. The van der Waals surface area contributed by atoms with Crippen LogP contribution in [0.1, 0.15) is 10.4 Å². The summed E-state index contributed by atoms with van der Waals surface area (Å²) in [6.07, 6.45) is 5.14. The molecular weight excluding hydrogens is 306 g/mol. The Bertz CT molecular complexity index is 687. The third kappa shape index (κ3) is 4.06. The Balaban J connectivity index is 1.69. The largest absolute Gasteiger partial charge is 0.379 e. The molecule has 0 bridgehead atoms. The number of nitrogens with zero attached hydrogens (tertiary/aromatic N) is 3. The van der Waals surface area contributed by atoms with Crippen LogP contribution in [0.15, 0.2) is 36.8 Å². The number of pyridine rings is 2. The molecule has 1 saturated heterocycles. The number of ether oxygens (including phenoxy) is 1. The molecule has 0 aromatic carbocycles. The minimum atomic E-state index is -0.493. The molecule has 0 saturated carbocycles. The first-order valence-corrected chi connectivity index (χ1v) is 7.98. The molecule has 0 atom stereocenters. The highest BCUT2D eigenvalue weighted by Gasteiger charge is 2.13. The number of primary amides is 1. The highest BCUT2D eigenvalue weighted by molar-refractivity contribution is 5.98. The van der Waals surface area contributed by atoms with E-state index in [-0.39, 0.29) is 0 Å². The first-order valence-electron chi connectivity index (χ1n) is 7.98. The summed E-state index contributed by atoms with van der Waals surface area (Å²) >= 11 is 0. The molecule has 3 rings (SSSR count). The molecular formula is C17H21N5O2. The highest BCUT2D eigenvalue weighted by atomic mass is 16.5. The minimum Gasteiger partial charge on any atom is -0.379 e. The first-order chi connectivity index (χ1) is 11.7. The molecule has 1 aliphatic heterocycles. The average molecular weight is 327 g/mol. The SMILES string of the molecule is NC(=O)c1cc(-c2ccncc2)cnc1NCCN1CCOCC1. The summed E-state index contributed by atoms with van der Waals surface area (Å²) in [5, 5.41) is 3.21. The van der Waals surface area contributed by atoms with Crippen LogP contribution in [-0.2, 0) is 4.74 Å². The number of nitrogens with two attached hydrogens (primary N) is 1. The Kier molecular flexibility index (Phi) is 5.35. The van der Waals surface area contributed by atoms with Gasteiger partial charge in [-0.25, -0.2) is 4.98 Å². The zero-order valence-corrected chi connectivity index (χ0v) is 13.4. The Morgan fingerprint density at radius 2 is 2.00 bits per heavy atom. The summed E-state index contributed by atoms with van der Waals surface area (Å²) in [6, 6.07) is 5.50. The number of carbonyl (C=O) groups excluding carboxylic acids is 1. The van der Waals surface area contributed by atoms with Gasteiger partial charge < -0.3 is 15.8 Å². The lowest BCUT2D eigenvalue weighted by molar-refractivity contribution is 0.0398. The predicted molar refractivity (Wildman–Crippen MR) is 91.7 cm³/mol. The number of morpholine rings is 1. The van der Waals surface area contributed by atoms with Crippen molar-refractivity contribution in [1.82, 2.24) is 14.9 Å². The van der Waals surface area contributed by atoms with Crippen LogP contribution in [0.2, 0.25) is 0 Å². The first kappa shape index (κ1) is 16.4. The van der Waals surface area contributed by atoms with Gasteiger partial charge in [-0.05, 0) is 23.8 Å². The van der Waals surface area contributed by atoms with Gasteiger partial charge in [0.15, 0.2) is 0 Å². The fourth-order valence-corrected chi connectivity index (χ4v) is 2.65. The van der Waals surface area contributed by atoms with Crippen LogP contribution in [0.25, 0.3) is 11.1 Å². The Hall–Kier alpha value is -2.51. The van der Waals surface area contributed by atoms with E-state index in [1.807, 2.05) is 12.1 Å². The Labute approximate surface area is 140 Å². The van der Waals surface area contributed by atoms with E-state index >= 15 is 0 Å². The third-order valence-electron chi connectivity index (χ3n) is 3.99. The molecule has 24 heavy (non-hydrogen) atoms. The van der Waals surface area contributed by atoms with Crippen molar-refractivity contribution < 1.29 is 9.53 Å². The number of hydrogen-bond donors (Lipinski definition) is 2. The fraction of sp³-hybridized carbons (Fsp3) is 0.353. The van der Waals surface area contributed by atoms with Crippen LogP contribution in [0.4, 0.5) is 5.82 Å². The van der Waals surface area contributed by atoms with Crippen molar-refractivity contribution in [2.75, 3.05) is 44.7 Å². The molecule has 1 fully saturated rings. The van der Waals surface area contributed by atoms with Gasteiger partial charge in [0.05, 0.1) is 18.8 Å². The van der Waals surface area contributed by atoms with Crippen molar-refractivity contribution in [3.63, 3.8) is 0 Å². The molecule has 3 N–H and O–H groups in total. The van der Waals surface area contributed by atoms with Gasteiger partial charge in [-0.1, -0.05) is 0 Å². The molecule has 2 aromatic rings. The number of rotatable bonds is 6. The van der Waals surface area contributed by atoms with Crippen molar-refractivity contribution in [3.8, 4) is 11.1 Å². The second kappa shape index (κ2) is 7.85. The van der Waals surface area contributed by atoms with Crippen LogP contribution in [0.5, 0.6) is 0 Å². The molecule has 7 nitrogen and oxygen atoms in total. The van der Waals surface area contributed by atoms with Crippen LogP contribution in [0.3, 0.4) is 0 Å². The number of anilines is 1. The van der Waals surface area contributed by atoms with Crippen molar-refractivity contribution >= 4 is 11.7 Å². The van der Waals surface area contributed by atoms with Gasteiger partial charge in [-0.15, -0.1) is 0 Å². The van der Waals surface area contributed by atoms with E-state index in [0.29, 0.717) is 17.9 Å². The van der Waals surface area contributed by atoms with Gasteiger partial charge in [0.2, 0.25) is 0 Å². The number of aromatic nitrogens is 2. The predicted octanol–water partition coefficient (Wildman–Crippen LogP) is 0.987. The molecule has 0 radical (unpaired) electrons. The smallest absolute Gasteiger partial charge is 0.252 e. The van der Waals surface area contributed by atoms with E-state index in [4.69, 9.17) is 10.5 Å². The number of hydrogen-bond acceptors (Lipinski definition) is 6. The summed E-state index contributed by atoms with van der Waals surface area (Å²) in [5.74, 6) is 0.0286. The average Bonchev–Trinajstić information content (AvgIpc) is 2.63. The maximum Gasteiger partial charge on any atom is 0.252 e. The van der Waals surface area contributed by atoms with Crippen molar-refractivity contribution in [2.45, 2.75) is 0 Å². The summed E-state index contributed by atoms with van der Waals surface area (Å²) < 4.78 is 5.33. The maximum absolute atomic E-state index is 11.8. The molecule has 1 aliphatic rings. The topological polar surface area (TPSA) is 93.4 Å². The lowest BCUT2D eigenvalue weighted by Crippen LogP contribution is -2.39. The van der Waals surface area contributed by atoms with Crippen molar-refractivity contribution in [1.29, 1.82) is 0 Å². The van der Waals surface area contributed by atoms with Gasteiger partial charge in [0, 0.05) is 50.3 Å². The lowest BCUT2D eigenvalue weighted by atomic mass is 10.1. The van der Waals surface area contributed by atoms with E-state index in [1.54, 1.807) is 24.7 Å². The van der Waals surface area contributed by atoms with Gasteiger partial charge in [-0.3, -0.25) is 14.7 Å². The van der Waals surface area contributed by atoms with E-state index in [9.17, 15) is 4.79 Å². The summed E-state index contributed by atoms with van der Waals surface area (Å²) in [7, 11) is 0. The Morgan fingerprint density at radius 3 is 2.71 bits per heavy atom. The lowest BCUT2D eigenvalue weighted by Gasteiger charge is -2.26. The van der Waals surface area contributed by atoms with Crippen LogP contribution >= 0.6 is 0 Å². The monoisotopic (exact) mass is 327 g/mol. The zero-order chi connectivity index (χ0) is 16.8. The standard InChI is InChI=1S/C17H21N5O2/c18-16(23)15-11-14(13-1-3-19-4-2-13)12-21-17(15)20-5-6-22-7-9-24-10-8-22/h1-4,11-12H,5-10H2,(H2,18,23)(H,20,21). The van der Waals surface area contributed by atoms with Crippen LogP contribution in [-0.4, -0.2) is 60.2 Å². The third-order valence-corrected chi connectivity index (χ3v) is 3.99. The van der Waals surface area contributed by atoms with Crippen LogP contribution < -0.4 is 11.1 Å². The van der Waals surface area contributed by atoms with Gasteiger partial charge >= 0.3 is 0 Å². The quantitative estimate of drug-likeness (QED) is 0.822. The van der Waals surface area contributed by atoms with Gasteiger partial charge in [0.1, 0.15) is 5.82 Å². The summed E-state index contributed by atoms with van der Waals surface area (Å²) in [5.41, 5.74) is 7.69. The van der Waals surface area contributed by atoms with Gasteiger partial charge in [0.25, 0.3) is 5.91 Å². The molecule has 7 heteroatoms. The summed E-state index contributed by atoms with van der Waals surface area (Å²) in [4.78, 5) is 22.5. The maximum atomic E-state index is 11.8. The molecule has 0 unspecified atom stereocenters. The normalized spacial score (nSPS) is 15.2. The Morgan fingerprint density at radius 1 is 1.25 bits per heavy atom. The van der Waals surface area contributed by atoms with Crippen molar-refractivity contribution in [3.05, 3.63) is 42.4 Å². The molecule has 0 aliphatic carbocycles. The number of carbonyl (C=O) groups is 1. The molecule has 1 amide bonds. The molecule has 2 aromatic heterocycles. The van der Waals surface area contributed by atoms with Crippen molar-refractivity contribution in [2.24, 2.45) is 5.73 Å². The van der Waals surface area contributed by atoms with E-state index in [2.05, 4.69) is 20.2 Å². The second-order valence-electron chi connectivity index (χ2n) is 5.60. The molecule has 3 heterocycles.